The Kier molecular flexibility index (Phi) is 3.47. The molecule has 4 nitrogen and oxygen atoms in total. The van der Waals surface area contributed by atoms with Crippen LogP contribution in [0.3, 0.4) is 0 Å². The van der Waals surface area contributed by atoms with E-state index in [1.54, 1.807) is 12.1 Å². The number of anilines is 1. The molecule has 0 bridgehead atoms. The molecule has 1 aliphatic heterocycles. The molecule has 4 heteroatoms. The van der Waals surface area contributed by atoms with Crippen molar-refractivity contribution in [3.63, 3.8) is 0 Å². The molecule has 2 N–H and O–H groups in total. The molecule has 1 aliphatic carbocycles. The molecule has 1 aromatic rings. The Morgan fingerprint density at radius 3 is 2.70 bits per heavy atom. The topological polar surface area (TPSA) is 58.2 Å². The van der Waals surface area contributed by atoms with Gasteiger partial charge in [0.05, 0.1) is 11.1 Å². The summed E-state index contributed by atoms with van der Waals surface area (Å²) in [6, 6.07) is 5.92. The van der Waals surface area contributed by atoms with Crippen molar-refractivity contribution in [3.8, 4) is 0 Å². The first-order chi connectivity index (χ1) is 9.69. The molecule has 0 saturated heterocycles. The van der Waals surface area contributed by atoms with Crippen LogP contribution in [0.4, 0.5) is 5.69 Å². The van der Waals surface area contributed by atoms with Crippen molar-refractivity contribution in [2.75, 3.05) is 5.32 Å². The van der Waals surface area contributed by atoms with Crippen LogP contribution < -0.4 is 10.6 Å². The maximum atomic E-state index is 11.7. The van der Waals surface area contributed by atoms with Gasteiger partial charge in [-0.3, -0.25) is 14.9 Å². The molecular weight excluding hydrogens is 252 g/mol. The first-order valence-corrected chi connectivity index (χ1v) is 7.45. The predicted molar refractivity (Wildman–Crippen MR) is 77.9 cm³/mol. The third-order valence-electron chi connectivity index (χ3n) is 4.52. The van der Waals surface area contributed by atoms with Crippen LogP contribution in [0, 0.1) is 5.92 Å². The summed E-state index contributed by atoms with van der Waals surface area (Å²) in [5.74, 6) is 0.123. The molecule has 3 rings (SSSR count). The third kappa shape index (κ3) is 2.30. The number of fused-ring (bicyclic) bond motifs is 1. The van der Waals surface area contributed by atoms with Crippen molar-refractivity contribution in [3.05, 3.63) is 29.3 Å². The highest BCUT2D eigenvalue weighted by molar-refractivity contribution is 6.21. The quantitative estimate of drug-likeness (QED) is 0.832. The normalized spacial score (nSPS) is 25.2. The average Bonchev–Trinajstić information content (AvgIpc) is 2.74. The SMILES string of the molecule is CCC1CCCCC1Nc1ccc2c(c1)C(=O)NC2=O. The van der Waals surface area contributed by atoms with E-state index in [1.165, 1.54) is 32.1 Å². The fourth-order valence-electron chi connectivity index (χ4n) is 3.36. The second-order valence-corrected chi connectivity index (χ2v) is 5.75. The van der Waals surface area contributed by atoms with E-state index < -0.39 is 0 Å². The highest BCUT2D eigenvalue weighted by atomic mass is 16.2. The molecule has 0 spiro atoms. The van der Waals surface area contributed by atoms with Gasteiger partial charge < -0.3 is 5.32 Å². The largest absolute Gasteiger partial charge is 0.382 e. The van der Waals surface area contributed by atoms with Crippen molar-refractivity contribution >= 4 is 17.5 Å². The van der Waals surface area contributed by atoms with Crippen LogP contribution in [-0.4, -0.2) is 17.9 Å². The van der Waals surface area contributed by atoms with Gasteiger partial charge in [-0.2, -0.15) is 0 Å². The van der Waals surface area contributed by atoms with Crippen molar-refractivity contribution in [1.82, 2.24) is 5.32 Å². The minimum Gasteiger partial charge on any atom is -0.382 e. The highest BCUT2D eigenvalue weighted by Crippen LogP contribution is 2.30. The minimum absolute atomic E-state index is 0.288. The molecule has 0 aromatic heterocycles. The zero-order valence-corrected chi connectivity index (χ0v) is 11.7. The number of hydrogen-bond acceptors (Lipinski definition) is 3. The number of carbonyl (C=O) groups is 2. The summed E-state index contributed by atoms with van der Waals surface area (Å²) in [4.78, 5) is 23.2. The monoisotopic (exact) mass is 272 g/mol. The summed E-state index contributed by atoms with van der Waals surface area (Å²) < 4.78 is 0. The van der Waals surface area contributed by atoms with Gasteiger partial charge in [0, 0.05) is 11.7 Å². The van der Waals surface area contributed by atoms with Crippen molar-refractivity contribution in [2.24, 2.45) is 5.92 Å². The van der Waals surface area contributed by atoms with Gasteiger partial charge >= 0.3 is 0 Å². The van der Waals surface area contributed by atoms with E-state index in [9.17, 15) is 9.59 Å². The van der Waals surface area contributed by atoms with E-state index in [0.29, 0.717) is 23.1 Å². The number of hydrogen-bond donors (Lipinski definition) is 2. The summed E-state index contributed by atoms with van der Waals surface area (Å²) >= 11 is 0. The molecule has 1 saturated carbocycles. The van der Waals surface area contributed by atoms with Gasteiger partial charge in [0.2, 0.25) is 0 Å². The van der Waals surface area contributed by atoms with Gasteiger partial charge in [0.25, 0.3) is 11.8 Å². The highest BCUT2D eigenvalue weighted by Gasteiger charge is 2.28. The van der Waals surface area contributed by atoms with Crippen LogP contribution in [0.5, 0.6) is 0 Å². The summed E-state index contributed by atoms with van der Waals surface area (Å²) in [6.07, 6.45) is 6.22. The molecule has 2 amide bonds. The van der Waals surface area contributed by atoms with Gasteiger partial charge in [-0.15, -0.1) is 0 Å². The molecule has 2 aliphatic rings. The van der Waals surface area contributed by atoms with Crippen LogP contribution in [0.15, 0.2) is 18.2 Å². The van der Waals surface area contributed by atoms with Gasteiger partial charge in [-0.1, -0.05) is 26.2 Å². The van der Waals surface area contributed by atoms with E-state index in [1.807, 2.05) is 6.07 Å². The van der Waals surface area contributed by atoms with Crippen molar-refractivity contribution < 1.29 is 9.59 Å². The fourth-order valence-corrected chi connectivity index (χ4v) is 3.36. The third-order valence-corrected chi connectivity index (χ3v) is 4.52. The van der Waals surface area contributed by atoms with Crippen LogP contribution in [0.2, 0.25) is 0 Å². The van der Waals surface area contributed by atoms with Crippen LogP contribution in [-0.2, 0) is 0 Å². The molecule has 1 fully saturated rings. The Bertz CT molecular complexity index is 553. The van der Waals surface area contributed by atoms with E-state index in [-0.39, 0.29) is 11.8 Å². The maximum absolute atomic E-state index is 11.7. The molecule has 2 unspecified atom stereocenters. The number of imide groups is 1. The van der Waals surface area contributed by atoms with Crippen LogP contribution in [0.1, 0.15) is 59.7 Å². The summed E-state index contributed by atoms with van der Waals surface area (Å²) in [5.41, 5.74) is 1.92. The Labute approximate surface area is 118 Å². The molecule has 0 radical (unpaired) electrons. The Morgan fingerprint density at radius 2 is 1.90 bits per heavy atom. The summed E-state index contributed by atoms with van der Waals surface area (Å²) in [6.45, 7) is 2.24. The number of rotatable bonds is 3. The molecule has 20 heavy (non-hydrogen) atoms. The van der Waals surface area contributed by atoms with Crippen LogP contribution in [0.25, 0.3) is 0 Å². The zero-order chi connectivity index (χ0) is 14.1. The summed E-state index contributed by atoms with van der Waals surface area (Å²) in [7, 11) is 0. The van der Waals surface area contributed by atoms with Gasteiger partial charge in [-0.25, -0.2) is 0 Å². The number of amides is 2. The molecule has 1 aromatic carbocycles. The lowest BCUT2D eigenvalue weighted by Crippen LogP contribution is -2.31. The van der Waals surface area contributed by atoms with E-state index in [4.69, 9.17) is 0 Å². The average molecular weight is 272 g/mol. The van der Waals surface area contributed by atoms with Crippen LogP contribution >= 0.6 is 0 Å². The van der Waals surface area contributed by atoms with E-state index in [0.717, 1.165) is 5.69 Å². The number of benzene rings is 1. The lowest BCUT2D eigenvalue weighted by Gasteiger charge is -2.32. The van der Waals surface area contributed by atoms with Gasteiger partial charge in [0.15, 0.2) is 0 Å². The maximum Gasteiger partial charge on any atom is 0.259 e. The predicted octanol–water partition coefficient (Wildman–Crippen LogP) is 2.95. The molecular formula is C16H20N2O2. The first kappa shape index (κ1) is 13.2. The fraction of sp³-hybridized carbons (Fsp3) is 0.500. The second kappa shape index (κ2) is 5.27. The van der Waals surface area contributed by atoms with Crippen molar-refractivity contribution in [2.45, 2.75) is 45.1 Å². The Morgan fingerprint density at radius 1 is 1.15 bits per heavy atom. The van der Waals surface area contributed by atoms with E-state index >= 15 is 0 Å². The van der Waals surface area contributed by atoms with Gasteiger partial charge in [0.1, 0.15) is 0 Å². The Balaban J connectivity index is 1.80. The summed E-state index contributed by atoms with van der Waals surface area (Å²) in [5, 5.41) is 5.88. The molecule has 1 heterocycles. The standard InChI is InChI=1S/C16H20N2O2/c1-2-10-5-3-4-6-14(10)17-11-7-8-12-13(9-11)16(20)18-15(12)19/h7-10,14,17H,2-6H2,1H3,(H,18,19,20). The lowest BCUT2D eigenvalue weighted by molar-refractivity contribution is 0.0879. The minimum atomic E-state index is -0.291. The molecule has 106 valence electrons. The Hall–Kier alpha value is -1.84. The second-order valence-electron chi connectivity index (χ2n) is 5.75. The lowest BCUT2D eigenvalue weighted by atomic mass is 9.83. The van der Waals surface area contributed by atoms with Crippen molar-refractivity contribution in [1.29, 1.82) is 0 Å². The van der Waals surface area contributed by atoms with E-state index in [2.05, 4.69) is 17.6 Å². The first-order valence-electron chi connectivity index (χ1n) is 7.45. The van der Waals surface area contributed by atoms with Gasteiger partial charge in [-0.05, 0) is 37.0 Å². The molecule has 2 atom stereocenters. The number of nitrogens with one attached hydrogen (secondary N) is 2. The smallest absolute Gasteiger partial charge is 0.259 e. The zero-order valence-electron chi connectivity index (χ0n) is 11.7. The number of carbonyl (C=O) groups excluding carboxylic acids is 2.